The molecule has 4 nitrogen and oxygen atoms in total. The van der Waals surface area contributed by atoms with Crippen LogP contribution >= 0.6 is 11.6 Å². The molecule has 0 fully saturated rings. The second kappa shape index (κ2) is 7.56. The summed E-state index contributed by atoms with van der Waals surface area (Å²) >= 11 is 6.28. The average molecular weight is 378 g/mol. The van der Waals surface area contributed by atoms with Crippen molar-refractivity contribution < 1.29 is 14.3 Å². The van der Waals surface area contributed by atoms with Crippen LogP contribution < -0.4 is 14.8 Å². The van der Waals surface area contributed by atoms with Crippen molar-refractivity contribution in [2.45, 2.75) is 0 Å². The summed E-state index contributed by atoms with van der Waals surface area (Å²) in [6.45, 7) is 0.189. The molecule has 1 aliphatic heterocycles. The lowest BCUT2D eigenvalue weighted by Gasteiger charge is -2.11. The van der Waals surface area contributed by atoms with Crippen molar-refractivity contribution in [3.8, 4) is 11.5 Å². The Hall–Kier alpha value is -3.24. The fourth-order valence-corrected chi connectivity index (χ4v) is 3.01. The predicted molar refractivity (Wildman–Crippen MR) is 107 cm³/mol. The van der Waals surface area contributed by atoms with Gasteiger partial charge in [-0.15, -0.1) is 0 Å². The van der Waals surface area contributed by atoms with Gasteiger partial charge in [-0.25, -0.2) is 0 Å². The topological polar surface area (TPSA) is 47.6 Å². The maximum absolute atomic E-state index is 13.0. The van der Waals surface area contributed by atoms with E-state index in [0.717, 1.165) is 11.1 Å². The molecule has 1 heterocycles. The van der Waals surface area contributed by atoms with Gasteiger partial charge in [0.1, 0.15) is 0 Å². The number of ether oxygens (including phenoxy) is 2. The van der Waals surface area contributed by atoms with Gasteiger partial charge in [0, 0.05) is 22.3 Å². The van der Waals surface area contributed by atoms with Crippen molar-refractivity contribution in [3.05, 3.63) is 88.9 Å². The van der Waals surface area contributed by atoms with Crippen LogP contribution in [0.3, 0.4) is 0 Å². The quantitative estimate of drug-likeness (QED) is 0.499. The SMILES string of the molecule is O=C(Nc1ccc2c(c1)OCO2)/C(=C/c1ccccc1Cl)c1ccccc1. The van der Waals surface area contributed by atoms with E-state index in [4.69, 9.17) is 21.1 Å². The lowest BCUT2D eigenvalue weighted by atomic mass is 10.0. The zero-order valence-corrected chi connectivity index (χ0v) is 15.1. The highest BCUT2D eigenvalue weighted by molar-refractivity contribution is 6.34. The van der Waals surface area contributed by atoms with Crippen LogP contribution in [-0.2, 0) is 4.79 Å². The van der Waals surface area contributed by atoms with E-state index in [1.54, 1.807) is 30.3 Å². The van der Waals surface area contributed by atoms with Crippen molar-refractivity contribution in [1.29, 1.82) is 0 Å². The predicted octanol–water partition coefficient (Wildman–Crippen LogP) is 5.25. The standard InChI is InChI=1S/C22H16ClNO3/c23-19-9-5-4-8-16(19)12-18(15-6-2-1-3-7-15)22(25)24-17-10-11-20-21(13-17)27-14-26-20/h1-13H,14H2,(H,24,25)/b18-12+. The van der Waals surface area contributed by atoms with Gasteiger partial charge >= 0.3 is 0 Å². The molecule has 0 bridgehead atoms. The van der Waals surface area contributed by atoms with Crippen molar-refractivity contribution in [2.75, 3.05) is 12.1 Å². The zero-order valence-electron chi connectivity index (χ0n) is 14.3. The number of amides is 1. The molecule has 0 unspecified atom stereocenters. The van der Waals surface area contributed by atoms with Gasteiger partial charge in [-0.2, -0.15) is 0 Å². The van der Waals surface area contributed by atoms with Crippen LogP contribution in [0.4, 0.5) is 5.69 Å². The zero-order chi connectivity index (χ0) is 18.6. The first-order valence-electron chi connectivity index (χ1n) is 8.43. The summed E-state index contributed by atoms with van der Waals surface area (Å²) in [5.41, 5.74) is 2.72. The Morgan fingerprint density at radius 1 is 0.926 bits per heavy atom. The van der Waals surface area contributed by atoms with E-state index in [9.17, 15) is 4.79 Å². The highest BCUT2D eigenvalue weighted by atomic mass is 35.5. The van der Waals surface area contributed by atoms with E-state index >= 15 is 0 Å². The number of anilines is 1. The molecule has 3 aromatic rings. The molecule has 5 heteroatoms. The normalized spacial score (nSPS) is 12.7. The van der Waals surface area contributed by atoms with E-state index in [-0.39, 0.29) is 12.7 Å². The van der Waals surface area contributed by atoms with Crippen LogP contribution in [0.2, 0.25) is 5.02 Å². The summed E-state index contributed by atoms with van der Waals surface area (Å²) in [7, 11) is 0. The summed E-state index contributed by atoms with van der Waals surface area (Å²) < 4.78 is 10.7. The molecule has 0 radical (unpaired) electrons. The largest absolute Gasteiger partial charge is 0.454 e. The van der Waals surface area contributed by atoms with Gasteiger partial charge in [0.05, 0.1) is 0 Å². The highest BCUT2D eigenvalue weighted by Gasteiger charge is 2.17. The number of benzene rings is 3. The van der Waals surface area contributed by atoms with Crippen molar-refractivity contribution in [2.24, 2.45) is 0 Å². The van der Waals surface area contributed by atoms with Gasteiger partial charge in [-0.3, -0.25) is 4.79 Å². The third-order valence-electron chi connectivity index (χ3n) is 4.16. The molecule has 1 amide bonds. The summed E-state index contributed by atoms with van der Waals surface area (Å²) in [5.74, 6) is 1.05. The molecule has 3 aromatic carbocycles. The number of rotatable bonds is 4. The van der Waals surface area contributed by atoms with Crippen molar-refractivity contribution >= 4 is 34.8 Å². The number of carbonyl (C=O) groups excluding carboxylic acids is 1. The fourth-order valence-electron chi connectivity index (χ4n) is 2.82. The summed E-state index contributed by atoms with van der Waals surface area (Å²) in [4.78, 5) is 13.0. The van der Waals surface area contributed by atoms with E-state index in [1.165, 1.54) is 0 Å². The Balaban J connectivity index is 1.68. The Morgan fingerprint density at radius 3 is 2.48 bits per heavy atom. The van der Waals surface area contributed by atoms with E-state index in [1.807, 2.05) is 48.5 Å². The molecular weight excluding hydrogens is 362 g/mol. The number of carbonyl (C=O) groups is 1. The van der Waals surface area contributed by atoms with E-state index in [0.29, 0.717) is 27.8 Å². The third kappa shape index (κ3) is 3.81. The van der Waals surface area contributed by atoms with Crippen LogP contribution in [0, 0.1) is 0 Å². The summed E-state index contributed by atoms with van der Waals surface area (Å²) in [6, 6.07) is 22.2. The first-order valence-corrected chi connectivity index (χ1v) is 8.81. The van der Waals surface area contributed by atoms with Gasteiger partial charge in [0.2, 0.25) is 6.79 Å². The summed E-state index contributed by atoms with van der Waals surface area (Å²) in [6.07, 6.45) is 1.79. The number of fused-ring (bicyclic) bond motifs is 1. The second-order valence-corrected chi connectivity index (χ2v) is 6.37. The fraction of sp³-hybridized carbons (Fsp3) is 0.0455. The van der Waals surface area contributed by atoms with Crippen LogP contribution in [-0.4, -0.2) is 12.7 Å². The number of halogens is 1. The van der Waals surface area contributed by atoms with Crippen molar-refractivity contribution in [1.82, 2.24) is 0 Å². The smallest absolute Gasteiger partial charge is 0.256 e. The third-order valence-corrected chi connectivity index (χ3v) is 4.51. The maximum Gasteiger partial charge on any atom is 0.256 e. The molecule has 0 saturated carbocycles. The second-order valence-electron chi connectivity index (χ2n) is 5.97. The number of nitrogens with one attached hydrogen (secondary N) is 1. The van der Waals surface area contributed by atoms with Gasteiger partial charge in [0.25, 0.3) is 5.91 Å². The molecule has 1 aliphatic rings. The lowest BCUT2D eigenvalue weighted by molar-refractivity contribution is -0.111. The molecule has 27 heavy (non-hydrogen) atoms. The van der Waals surface area contributed by atoms with Crippen LogP contribution in [0.25, 0.3) is 11.6 Å². The van der Waals surface area contributed by atoms with E-state index < -0.39 is 0 Å². The summed E-state index contributed by atoms with van der Waals surface area (Å²) in [5, 5.41) is 3.51. The monoisotopic (exact) mass is 377 g/mol. The molecule has 0 aromatic heterocycles. The van der Waals surface area contributed by atoms with Gasteiger partial charge < -0.3 is 14.8 Å². The first kappa shape index (κ1) is 17.2. The molecule has 134 valence electrons. The Morgan fingerprint density at radius 2 is 1.67 bits per heavy atom. The van der Waals surface area contributed by atoms with Crippen LogP contribution in [0.15, 0.2) is 72.8 Å². The molecule has 0 atom stereocenters. The number of hydrogen-bond acceptors (Lipinski definition) is 3. The molecule has 4 rings (SSSR count). The molecular formula is C22H16ClNO3. The minimum absolute atomic E-state index is 0.189. The van der Waals surface area contributed by atoms with Crippen LogP contribution in [0.5, 0.6) is 11.5 Å². The Kier molecular flexibility index (Phi) is 4.81. The Bertz CT molecular complexity index is 1020. The minimum atomic E-state index is -0.236. The van der Waals surface area contributed by atoms with Crippen molar-refractivity contribution in [3.63, 3.8) is 0 Å². The average Bonchev–Trinajstić information content (AvgIpc) is 3.16. The number of hydrogen-bond donors (Lipinski definition) is 1. The van der Waals surface area contributed by atoms with Gasteiger partial charge in [-0.05, 0) is 35.4 Å². The maximum atomic E-state index is 13.0. The molecule has 1 N–H and O–H groups in total. The lowest BCUT2D eigenvalue weighted by Crippen LogP contribution is -2.13. The van der Waals surface area contributed by atoms with Gasteiger partial charge in [-0.1, -0.05) is 60.1 Å². The minimum Gasteiger partial charge on any atom is -0.454 e. The molecule has 0 spiro atoms. The first-order chi connectivity index (χ1) is 13.2. The molecule has 0 aliphatic carbocycles. The van der Waals surface area contributed by atoms with E-state index in [2.05, 4.69) is 5.32 Å². The highest BCUT2D eigenvalue weighted by Crippen LogP contribution is 2.34. The molecule has 0 saturated heterocycles. The van der Waals surface area contributed by atoms with Crippen LogP contribution in [0.1, 0.15) is 11.1 Å². The van der Waals surface area contributed by atoms with Gasteiger partial charge in [0.15, 0.2) is 11.5 Å². The Labute approximate surface area is 162 Å².